The van der Waals surface area contributed by atoms with Crippen molar-refractivity contribution in [1.82, 2.24) is 10.5 Å². The lowest BCUT2D eigenvalue weighted by Gasteiger charge is -2.00. The summed E-state index contributed by atoms with van der Waals surface area (Å²) in [5.74, 6) is -1.34. The van der Waals surface area contributed by atoms with Gasteiger partial charge in [-0.15, -0.1) is 11.3 Å². The molecule has 0 saturated heterocycles. The molecule has 0 fully saturated rings. The molecule has 4 nitrogen and oxygen atoms in total. The van der Waals surface area contributed by atoms with E-state index in [0.717, 1.165) is 17.0 Å². The van der Waals surface area contributed by atoms with Crippen molar-refractivity contribution < 1.29 is 18.1 Å². The lowest BCUT2D eigenvalue weighted by molar-refractivity contribution is -0.120. The predicted octanol–water partition coefficient (Wildman–Crippen LogP) is 3.54. The second-order valence-electron chi connectivity index (χ2n) is 4.84. The van der Waals surface area contributed by atoms with E-state index in [0.29, 0.717) is 12.1 Å². The van der Waals surface area contributed by atoms with Gasteiger partial charge >= 0.3 is 0 Å². The molecule has 7 heteroatoms. The predicted molar refractivity (Wildman–Crippen MR) is 81.7 cm³/mol. The Labute approximate surface area is 134 Å². The molecule has 0 aliphatic heterocycles. The van der Waals surface area contributed by atoms with E-state index in [1.165, 1.54) is 23.5 Å². The minimum absolute atomic E-state index is 0.120. The van der Waals surface area contributed by atoms with Crippen molar-refractivity contribution in [2.75, 3.05) is 0 Å². The van der Waals surface area contributed by atoms with Gasteiger partial charge in [0.2, 0.25) is 5.91 Å². The van der Waals surface area contributed by atoms with Gasteiger partial charge in [0, 0.05) is 17.0 Å². The molecule has 0 saturated carbocycles. The van der Waals surface area contributed by atoms with Crippen molar-refractivity contribution in [1.29, 1.82) is 0 Å². The second-order valence-corrected chi connectivity index (χ2v) is 5.87. The van der Waals surface area contributed by atoms with Gasteiger partial charge in [-0.25, -0.2) is 8.78 Å². The molecule has 2 aromatic heterocycles. The van der Waals surface area contributed by atoms with Crippen LogP contribution in [0.15, 0.2) is 46.3 Å². The summed E-state index contributed by atoms with van der Waals surface area (Å²) in [6.07, 6.45) is 0.301. The summed E-state index contributed by atoms with van der Waals surface area (Å²) in [5, 5.41) is 8.40. The number of hydrogen-bond donors (Lipinski definition) is 1. The van der Waals surface area contributed by atoms with Gasteiger partial charge in [0.25, 0.3) is 0 Å². The van der Waals surface area contributed by atoms with Gasteiger partial charge in [0.1, 0.15) is 17.3 Å². The summed E-state index contributed by atoms with van der Waals surface area (Å²) in [6.45, 7) is 0.177. The Kier molecular flexibility index (Phi) is 4.47. The van der Waals surface area contributed by atoms with E-state index in [4.69, 9.17) is 4.52 Å². The first-order valence-electron chi connectivity index (χ1n) is 6.82. The quantitative estimate of drug-likeness (QED) is 0.776. The molecular weight excluding hydrogens is 322 g/mol. The Morgan fingerprint density at radius 3 is 2.87 bits per heavy atom. The van der Waals surface area contributed by atoms with Crippen molar-refractivity contribution in [3.05, 3.63) is 64.0 Å². The fraction of sp³-hybridized carbons (Fsp3) is 0.125. The highest BCUT2D eigenvalue weighted by Gasteiger charge is 2.13. The standard InChI is InChI=1S/C16H12F2N2O2S/c17-10-3-4-13(14(18)6-10)15-7-11(20-22-15)9-19-16(21)8-12-2-1-5-23-12/h1-7H,8-9H2,(H,19,21). The van der Waals surface area contributed by atoms with Crippen LogP contribution in [-0.4, -0.2) is 11.1 Å². The van der Waals surface area contributed by atoms with Crippen molar-refractivity contribution in [2.45, 2.75) is 13.0 Å². The average molecular weight is 334 g/mol. The highest BCUT2D eigenvalue weighted by molar-refractivity contribution is 7.10. The van der Waals surface area contributed by atoms with Crippen molar-refractivity contribution in [2.24, 2.45) is 0 Å². The summed E-state index contributed by atoms with van der Waals surface area (Å²) in [4.78, 5) is 12.8. The van der Waals surface area contributed by atoms with E-state index in [9.17, 15) is 13.6 Å². The normalized spacial score (nSPS) is 10.7. The second kappa shape index (κ2) is 6.70. The van der Waals surface area contributed by atoms with Crippen LogP contribution in [0.5, 0.6) is 0 Å². The monoisotopic (exact) mass is 334 g/mol. The Balaban J connectivity index is 1.62. The van der Waals surface area contributed by atoms with Crippen LogP contribution in [0.4, 0.5) is 8.78 Å². The molecule has 1 aromatic carbocycles. The number of hydrogen-bond acceptors (Lipinski definition) is 4. The maximum atomic E-state index is 13.7. The first kappa shape index (κ1) is 15.4. The van der Waals surface area contributed by atoms with E-state index < -0.39 is 11.6 Å². The van der Waals surface area contributed by atoms with Crippen LogP contribution in [0.25, 0.3) is 11.3 Å². The van der Waals surface area contributed by atoms with Gasteiger partial charge in [0.15, 0.2) is 5.76 Å². The van der Waals surface area contributed by atoms with E-state index >= 15 is 0 Å². The third-order valence-corrected chi connectivity index (χ3v) is 4.01. The Morgan fingerprint density at radius 2 is 2.13 bits per heavy atom. The minimum Gasteiger partial charge on any atom is -0.356 e. The highest BCUT2D eigenvalue weighted by atomic mass is 32.1. The molecule has 0 unspecified atom stereocenters. The minimum atomic E-state index is -0.727. The largest absolute Gasteiger partial charge is 0.356 e. The molecular formula is C16H12F2N2O2S. The van der Waals surface area contributed by atoms with E-state index in [-0.39, 0.29) is 23.8 Å². The van der Waals surface area contributed by atoms with Crippen molar-refractivity contribution >= 4 is 17.2 Å². The lowest BCUT2D eigenvalue weighted by atomic mass is 10.1. The van der Waals surface area contributed by atoms with E-state index in [2.05, 4.69) is 10.5 Å². The number of aromatic nitrogens is 1. The summed E-state index contributed by atoms with van der Waals surface area (Å²) < 4.78 is 31.6. The SMILES string of the molecule is O=C(Cc1cccs1)NCc1cc(-c2ccc(F)cc2F)on1. The summed E-state index contributed by atoms with van der Waals surface area (Å²) in [5.41, 5.74) is 0.582. The smallest absolute Gasteiger partial charge is 0.225 e. The maximum Gasteiger partial charge on any atom is 0.225 e. The molecule has 1 amide bonds. The molecule has 0 aliphatic rings. The molecule has 0 spiro atoms. The molecule has 23 heavy (non-hydrogen) atoms. The topological polar surface area (TPSA) is 55.1 Å². The van der Waals surface area contributed by atoms with Gasteiger partial charge in [-0.05, 0) is 23.6 Å². The van der Waals surface area contributed by atoms with Crippen LogP contribution in [-0.2, 0) is 17.8 Å². The van der Waals surface area contributed by atoms with E-state index in [1.54, 1.807) is 0 Å². The number of nitrogens with zero attached hydrogens (tertiary/aromatic N) is 1. The molecule has 3 aromatic rings. The lowest BCUT2D eigenvalue weighted by Crippen LogP contribution is -2.24. The molecule has 3 rings (SSSR count). The average Bonchev–Trinajstić information content (AvgIpc) is 3.17. The molecule has 0 radical (unpaired) electrons. The van der Waals surface area contributed by atoms with Crippen LogP contribution in [0, 0.1) is 11.6 Å². The number of carbonyl (C=O) groups excluding carboxylic acids is 1. The number of nitrogens with one attached hydrogen (secondary N) is 1. The fourth-order valence-electron chi connectivity index (χ4n) is 2.03. The number of amides is 1. The molecule has 0 atom stereocenters. The summed E-state index contributed by atoms with van der Waals surface area (Å²) >= 11 is 1.51. The molecule has 1 N–H and O–H groups in total. The van der Waals surface area contributed by atoms with Gasteiger partial charge in [-0.1, -0.05) is 11.2 Å². The third-order valence-electron chi connectivity index (χ3n) is 3.14. The first-order chi connectivity index (χ1) is 11.1. The molecule has 0 aliphatic carbocycles. The zero-order valence-corrected chi connectivity index (χ0v) is 12.7. The van der Waals surface area contributed by atoms with Crippen LogP contribution in [0.2, 0.25) is 0 Å². The summed E-state index contributed by atoms with van der Waals surface area (Å²) in [6, 6.07) is 8.49. The Hall–Kier alpha value is -2.54. The van der Waals surface area contributed by atoms with Gasteiger partial charge in [-0.2, -0.15) is 0 Å². The van der Waals surface area contributed by atoms with Crippen molar-refractivity contribution in [3.63, 3.8) is 0 Å². The number of thiophene rings is 1. The zero-order valence-electron chi connectivity index (χ0n) is 11.9. The van der Waals surface area contributed by atoms with Crippen LogP contribution < -0.4 is 5.32 Å². The molecule has 118 valence electrons. The zero-order chi connectivity index (χ0) is 16.2. The Bertz CT molecular complexity index is 815. The fourth-order valence-corrected chi connectivity index (χ4v) is 2.74. The van der Waals surface area contributed by atoms with Crippen LogP contribution in [0.1, 0.15) is 10.6 Å². The van der Waals surface area contributed by atoms with Gasteiger partial charge in [-0.3, -0.25) is 4.79 Å². The van der Waals surface area contributed by atoms with E-state index in [1.807, 2.05) is 17.5 Å². The number of carbonyl (C=O) groups is 1. The third kappa shape index (κ3) is 3.81. The number of benzene rings is 1. The summed E-state index contributed by atoms with van der Waals surface area (Å²) in [7, 11) is 0. The molecule has 0 bridgehead atoms. The number of rotatable bonds is 5. The van der Waals surface area contributed by atoms with Gasteiger partial charge in [0.05, 0.1) is 18.5 Å². The van der Waals surface area contributed by atoms with Crippen LogP contribution in [0.3, 0.4) is 0 Å². The van der Waals surface area contributed by atoms with Crippen molar-refractivity contribution in [3.8, 4) is 11.3 Å². The van der Waals surface area contributed by atoms with Crippen LogP contribution >= 0.6 is 11.3 Å². The molecule has 2 heterocycles. The number of halogens is 2. The maximum absolute atomic E-state index is 13.7. The first-order valence-corrected chi connectivity index (χ1v) is 7.70. The Morgan fingerprint density at radius 1 is 1.26 bits per heavy atom. The van der Waals surface area contributed by atoms with Gasteiger partial charge < -0.3 is 9.84 Å². The highest BCUT2D eigenvalue weighted by Crippen LogP contribution is 2.24.